The van der Waals surface area contributed by atoms with E-state index in [1.165, 1.54) is 44.9 Å². The zero-order valence-electron chi connectivity index (χ0n) is 13.6. The Labute approximate surface area is 125 Å². The Kier molecular flexibility index (Phi) is 14.0. The lowest BCUT2D eigenvalue weighted by Crippen LogP contribution is -2.12. The highest BCUT2D eigenvalue weighted by Gasteiger charge is 2.14. The first-order valence-corrected chi connectivity index (χ1v) is 8.60. The van der Waals surface area contributed by atoms with E-state index in [2.05, 4.69) is 19.1 Å². The maximum atomic E-state index is 11.0. The summed E-state index contributed by atoms with van der Waals surface area (Å²) >= 11 is 0. The molecule has 0 saturated heterocycles. The van der Waals surface area contributed by atoms with Crippen LogP contribution in [0.2, 0.25) is 0 Å². The first-order chi connectivity index (χ1) is 9.72. The lowest BCUT2D eigenvalue weighted by molar-refractivity contribution is -0.142. The van der Waals surface area contributed by atoms with Crippen LogP contribution in [0.25, 0.3) is 0 Å². The summed E-state index contributed by atoms with van der Waals surface area (Å²) in [6, 6.07) is 0. The van der Waals surface area contributed by atoms with E-state index < -0.39 is 5.97 Å². The van der Waals surface area contributed by atoms with E-state index in [0.717, 1.165) is 32.1 Å². The fourth-order valence-electron chi connectivity index (χ4n) is 2.49. The molecule has 0 aliphatic rings. The van der Waals surface area contributed by atoms with Gasteiger partial charge in [0.1, 0.15) is 0 Å². The summed E-state index contributed by atoms with van der Waals surface area (Å²) in [7, 11) is 0. The molecule has 1 N–H and O–H groups in total. The molecular formula is C18H34O2. The van der Waals surface area contributed by atoms with Crippen molar-refractivity contribution in [2.24, 2.45) is 5.92 Å². The van der Waals surface area contributed by atoms with Gasteiger partial charge in [-0.25, -0.2) is 0 Å². The summed E-state index contributed by atoms with van der Waals surface area (Å²) in [5.41, 5.74) is 0. The average Bonchev–Trinajstić information content (AvgIpc) is 2.43. The molecule has 1 atom stereocenters. The van der Waals surface area contributed by atoms with Gasteiger partial charge in [0.15, 0.2) is 0 Å². The van der Waals surface area contributed by atoms with Gasteiger partial charge in [-0.15, -0.1) is 0 Å². The number of aliphatic carboxylic acids is 1. The first-order valence-electron chi connectivity index (χ1n) is 8.60. The second-order valence-corrected chi connectivity index (χ2v) is 5.78. The molecule has 0 rings (SSSR count). The quantitative estimate of drug-likeness (QED) is 0.315. The summed E-state index contributed by atoms with van der Waals surface area (Å²) in [4.78, 5) is 11.0. The zero-order chi connectivity index (χ0) is 15.1. The predicted octanol–water partition coefficient (Wildman–Crippen LogP) is 5.96. The number of carboxylic acids is 1. The summed E-state index contributed by atoms with van der Waals surface area (Å²) < 4.78 is 0. The average molecular weight is 282 g/mol. The van der Waals surface area contributed by atoms with Crippen molar-refractivity contribution >= 4 is 5.97 Å². The molecule has 2 heteroatoms. The van der Waals surface area contributed by atoms with Crippen molar-refractivity contribution in [3.8, 4) is 0 Å². The van der Waals surface area contributed by atoms with E-state index in [1.807, 2.05) is 6.92 Å². The van der Waals surface area contributed by atoms with Crippen LogP contribution < -0.4 is 0 Å². The molecule has 0 spiro atoms. The Morgan fingerprint density at radius 3 is 2.05 bits per heavy atom. The smallest absolute Gasteiger partial charge is 0.306 e. The van der Waals surface area contributed by atoms with Crippen LogP contribution in [0.4, 0.5) is 0 Å². The highest BCUT2D eigenvalue weighted by molar-refractivity contribution is 5.69. The van der Waals surface area contributed by atoms with Gasteiger partial charge in [-0.3, -0.25) is 4.79 Å². The van der Waals surface area contributed by atoms with Gasteiger partial charge in [-0.2, -0.15) is 0 Å². The van der Waals surface area contributed by atoms with Gasteiger partial charge in [-0.05, 0) is 32.1 Å². The molecule has 0 aromatic heterocycles. The highest BCUT2D eigenvalue weighted by atomic mass is 16.4. The lowest BCUT2D eigenvalue weighted by atomic mass is 9.98. The Hall–Kier alpha value is -0.790. The Morgan fingerprint density at radius 1 is 0.850 bits per heavy atom. The molecule has 0 aromatic rings. The fourth-order valence-corrected chi connectivity index (χ4v) is 2.49. The standard InChI is InChI=1S/C18H34O2/c1-3-5-6-7-8-9-10-11-12-13-14-16-17(15-4-2)18(19)20/h12-13,17H,3-11,14-16H2,1-2H3,(H,19,20). The summed E-state index contributed by atoms with van der Waals surface area (Å²) in [6.07, 6.45) is 18.5. The molecule has 0 heterocycles. The van der Waals surface area contributed by atoms with Crippen LogP contribution in [0, 0.1) is 5.92 Å². The van der Waals surface area contributed by atoms with Gasteiger partial charge in [0.05, 0.1) is 5.92 Å². The van der Waals surface area contributed by atoms with E-state index in [-0.39, 0.29) is 5.92 Å². The molecular weight excluding hydrogens is 248 g/mol. The molecule has 0 fully saturated rings. The third kappa shape index (κ3) is 12.3. The molecule has 20 heavy (non-hydrogen) atoms. The minimum absolute atomic E-state index is 0.150. The van der Waals surface area contributed by atoms with Crippen LogP contribution in [0.15, 0.2) is 12.2 Å². The topological polar surface area (TPSA) is 37.3 Å². The second kappa shape index (κ2) is 14.6. The SMILES string of the molecule is CCCCCCCCCC=CCCC(CCC)C(=O)O. The van der Waals surface area contributed by atoms with Crippen molar-refractivity contribution < 1.29 is 9.90 Å². The van der Waals surface area contributed by atoms with E-state index in [4.69, 9.17) is 5.11 Å². The largest absolute Gasteiger partial charge is 0.481 e. The van der Waals surface area contributed by atoms with Gasteiger partial charge < -0.3 is 5.11 Å². The van der Waals surface area contributed by atoms with E-state index in [0.29, 0.717) is 0 Å². The molecule has 0 aliphatic heterocycles. The van der Waals surface area contributed by atoms with Gasteiger partial charge in [0.25, 0.3) is 0 Å². The predicted molar refractivity (Wildman–Crippen MR) is 87.0 cm³/mol. The number of rotatable bonds is 14. The summed E-state index contributed by atoms with van der Waals surface area (Å²) in [5, 5.41) is 9.04. The molecule has 0 amide bonds. The highest BCUT2D eigenvalue weighted by Crippen LogP contribution is 2.14. The lowest BCUT2D eigenvalue weighted by Gasteiger charge is -2.08. The number of carbonyl (C=O) groups is 1. The van der Waals surface area contributed by atoms with Crippen LogP contribution in [0.5, 0.6) is 0 Å². The second-order valence-electron chi connectivity index (χ2n) is 5.78. The zero-order valence-corrected chi connectivity index (χ0v) is 13.6. The number of unbranched alkanes of at least 4 members (excludes halogenated alkanes) is 7. The molecule has 2 nitrogen and oxygen atoms in total. The van der Waals surface area contributed by atoms with Crippen molar-refractivity contribution in [3.63, 3.8) is 0 Å². The molecule has 0 bridgehead atoms. The first kappa shape index (κ1) is 19.2. The molecule has 0 aliphatic carbocycles. The number of carboxylic acid groups (broad SMARTS) is 1. The fraction of sp³-hybridized carbons (Fsp3) is 0.833. The molecule has 1 unspecified atom stereocenters. The van der Waals surface area contributed by atoms with Crippen LogP contribution in [-0.4, -0.2) is 11.1 Å². The van der Waals surface area contributed by atoms with Gasteiger partial charge in [0.2, 0.25) is 0 Å². The maximum Gasteiger partial charge on any atom is 0.306 e. The summed E-state index contributed by atoms with van der Waals surface area (Å²) in [5.74, 6) is -0.782. The third-order valence-electron chi connectivity index (χ3n) is 3.81. The van der Waals surface area contributed by atoms with E-state index in [9.17, 15) is 4.79 Å². The number of hydrogen-bond donors (Lipinski definition) is 1. The van der Waals surface area contributed by atoms with E-state index in [1.54, 1.807) is 0 Å². The molecule has 0 aromatic carbocycles. The van der Waals surface area contributed by atoms with Crippen LogP contribution in [-0.2, 0) is 4.79 Å². The monoisotopic (exact) mass is 282 g/mol. The normalized spacial score (nSPS) is 12.9. The molecule has 0 saturated carbocycles. The van der Waals surface area contributed by atoms with Gasteiger partial charge >= 0.3 is 5.97 Å². The van der Waals surface area contributed by atoms with Crippen molar-refractivity contribution in [3.05, 3.63) is 12.2 Å². The summed E-state index contributed by atoms with van der Waals surface area (Å²) in [6.45, 7) is 4.30. The van der Waals surface area contributed by atoms with Gasteiger partial charge in [0, 0.05) is 0 Å². The van der Waals surface area contributed by atoms with Crippen molar-refractivity contribution in [1.82, 2.24) is 0 Å². The number of allylic oxidation sites excluding steroid dienone is 2. The van der Waals surface area contributed by atoms with Crippen LogP contribution in [0.3, 0.4) is 0 Å². The minimum Gasteiger partial charge on any atom is -0.481 e. The van der Waals surface area contributed by atoms with Crippen molar-refractivity contribution in [2.45, 2.75) is 90.9 Å². The Morgan fingerprint density at radius 2 is 1.45 bits per heavy atom. The van der Waals surface area contributed by atoms with Crippen molar-refractivity contribution in [2.75, 3.05) is 0 Å². The molecule has 0 radical (unpaired) electrons. The number of hydrogen-bond acceptors (Lipinski definition) is 1. The third-order valence-corrected chi connectivity index (χ3v) is 3.81. The van der Waals surface area contributed by atoms with Crippen LogP contribution in [0.1, 0.15) is 90.9 Å². The molecule has 118 valence electrons. The maximum absolute atomic E-state index is 11.0. The van der Waals surface area contributed by atoms with Gasteiger partial charge in [-0.1, -0.05) is 70.9 Å². The minimum atomic E-state index is -0.632. The Bertz CT molecular complexity index is 246. The van der Waals surface area contributed by atoms with E-state index >= 15 is 0 Å². The Balaban J connectivity index is 3.41. The van der Waals surface area contributed by atoms with Crippen LogP contribution >= 0.6 is 0 Å². The van der Waals surface area contributed by atoms with Crippen molar-refractivity contribution in [1.29, 1.82) is 0 Å².